The van der Waals surface area contributed by atoms with Crippen molar-refractivity contribution in [2.75, 3.05) is 6.54 Å². The number of hydrogen-bond acceptors (Lipinski definition) is 3. The topological polar surface area (TPSA) is 57.7 Å². The Balaban J connectivity index is 1.82. The second kappa shape index (κ2) is 6.37. The number of benzene rings is 1. The van der Waals surface area contributed by atoms with E-state index in [1.54, 1.807) is 4.90 Å². The SMILES string of the molecule is C[C@@H]1CCC[C@H](C)N1C(=O)CN1C(=O)c2cc(Cl)c(Cl)cc2C1=O. The fraction of sp³-hybridized carbons (Fsp3) is 0.471. The smallest absolute Gasteiger partial charge is 0.262 e. The van der Waals surface area contributed by atoms with Crippen LogP contribution in [0.1, 0.15) is 53.8 Å². The van der Waals surface area contributed by atoms with Gasteiger partial charge in [-0.3, -0.25) is 19.3 Å². The molecule has 128 valence electrons. The average molecular weight is 369 g/mol. The number of imide groups is 1. The molecular formula is C17H18Cl2N2O3. The van der Waals surface area contributed by atoms with Crippen LogP contribution in [-0.2, 0) is 4.79 Å². The minimum Gasteiger partial charge on any atom is -0.336 e. The Bertz CT molecular complexity index is 684. The van der Waals surface area contributed by atoms with Gasteiger partial charge in [0, 0.05) is 12.1 Å². The summed E-state index contributed by atoms with van der Waals surface area (Å²) in [6.45, 7) is 3.74. The summed E-state index contributed by atoms with van der Waals surface area (Å²) in [4.78, 5) is 40.4. The lowest BCUT2D eigenvalue weighted by Gasteiger charge is -2.39. The van der Waals surface area contributed by atoms with Crippen molar-refractivity contribution >= 4 is 40.9 Å². The normalized spacial score (nSPS) is 23.7. The summed E-state index contributed by atoms with van der Waals surface area (Å²) in [5.41, 5.74) is 0.392. The van der Waals surface area contributed by atoms with Crippen LogP contribution in [0.4, 0.5) is 0 Å². The zero-order chi connectivity index (χ0) is 17.6. The van der Waals surface area contributed by atoms with Gasteiger partial charge in [-0.2, -0.15) is 0 Å². The van der Waals surface area contributed by atoms with Crippen molar-refractivity contribution in [1.29, 1.82) is 0 Å². The quantitative estimate of drug-likeness (QED) is 0.751. The van der Waals surface area contributed by atoms with Gasteiger partial charge in [0.1, 0.15) is 6.54 Å². The van der Waals surface area contributed by atoms with Gasteiger partial charge in [0.15, 0.2) is 0 Å². The average Bonchev–Trinajstić information content (AvgIpc) is 2.73. The second-order valence-electron chi connectivity index (χ2n) is 6.44. The number of carbonyl (C=O) groups excluding carboxylic acids is 3. The van der Waals surface area contributed by atoms with E-state index in [4.69, 9.17) is 23.2 Å². The van der Waals surface area contributed by atoms with Crippen molar-refractivity contribution in [3.8, 4) is 0 Å². The molecule has 0 bridgehead atoms. The van der Waals surface area contributed by atoms with E-state index in [9.17, 15) is 14.4 Å². The van der Waals surface area contributed by atoms with Crippen LogP contribution in [0.3, 0.4) is 0 Å². The first-order valence-corrected chi connectivity index (χ1v) is 8.73. The molecule has 0 radical (unpaired) electrons. The Morgan fingerprint density at radius 3 is 1.96 bits per heavy atom. The Hall–Kier alpha value is -1.59. The summed E-state index contributed by atoms with van der Waals surface area (Å²) in [6, 6.07) is 2.99. The number of halogens is 2. The van der Waals surface area contributed by atoms with E-state index >= 15 is 0 Å². The summed E-state index contributed by atoms with van der Waals surface area (Å²) in [5, 5.41) is 0.422. The fourth-order valence-electron chi connectivity index (χ4n) is 3.56. The number of rotatable bonds is 2. The van der Waals surface area contributed by atoms with Crippen LogP contribution in [-0.4, -0.2) is 46.1 Å². The summed E-state index contributed by atoms with van der Waals surface area (Å²) < 4.78 is 0. The standard InChI is InChI=1S/C17H18Cl2N2O3/c1-9-4-3-5-10(2)21(9)15(22)8-20-16(23)11-6-13(18)14(19)7-12(11)17(20)24/h6-7,9-10H,3-5,8H2,1-2H3/t9-,10+. The maximum atomic E-state index is 12.7. The van der Waals surface area contributed by atoms with E-state index in [-0.39, 0.29) is 45.7 Å². The van der Waals surface area contributed by atoms with Crippen LogP contribution in [0, 0.1) is 0 Å². The first-order chi connectivity index (χ1) is 11.3. The van der Waals surface area contributed by atoms with Gasteiger partial charge in [0.2, 0.25) is 5.91 Å². The molecule has 3 rings (SSSR count). The molecule has 1 saturated heterocycles. The Kier molecular flexibility index (Phi) is 4.58. The number of carbonyl (C=O) groups is 3. The van der Waals surface area contributed by atoms with Crippen molar-refractivity contribution < 1.29 is 14.4 Å². The third kappa shape index (κ3) is 2.80. The second-order valence-corrected chi connectivity index (χ2v) is 7.25. The van der Waals surface area contributed by atoms with E-state index in [1.165, 1.54) is 12.1 Å². The Morgan fingerprint density at radius 2 is 1.50 bits per heavy atom. The summed E-state index contributed by atoms with van der Waals surface area (Å²) in [5.74, 6) is -1.21. The number of amides is 3. The fourth-order valence-corrected chi connectivity index (χ4v) is 3.88. The van der Waals surface area contributed by atoms with Crippen LogP contribution in [0.2, 0.25) is 10.0 Å². The molecule has 0 N–H and O–H groups in total. The van der Waals surface area contributed by atoms with Crippen LogP contribution < -0.4 is 0 Å². The molecule has 0 aliphatic carbocycles. The van der Waals surface area contributed by atoms with Crippen molar-refractivity contribution in [3.05, 3.63) is 33.3 Å². The van der Waals surface area contributed by atoms with Gasteiger partial charge in [-0.05, 0) is 45.2 Å². The monoisotopic (exact) mass is 368 g/mol. The maximum absolute atomic E-state index is 12.7. The highest BCUT2D eigenvalue weighted by molar-refractivity contribution is 6.43. The van der Waals surface area contributed by atoms with Gasteiger partial charge in [-0.25, -0.2) is 0 Å². The zero-order valence-corrected chi connectivity index (χ0v) is 15.0. The summed E-state index contributed by atoms with van der Waals surface area (Å²) in [7, 11) is 0. The van der Waals surface area contributed by atoms with Crippen molar-refractivity contribution in [2.45, 2.75) is 45.2 Å². The van der Waals surface area contributed by atoms with Crippen LogP contribution in [0.15, 0.2) is 12.1 Å². The molecule has 2 atom stereocenters. The molecule has 0 unspecified atom stereocenters. The van der Waals surface area contributed by atoms with Gasteiger partial charge < -0.3 is 4.90 Å². The number of piperidine rings is 1. The van der Waals surface area contributed by atoms with Crippen LogP contribution in [0.5, 0.6) is 0 Å². The molecule has 7 heteroatoms. The minimum atomic E-state index is -0.501. The van der Waals surface area contributed by atoms with E-state index in [0.717, 1.165) is 24.2 Å². The third-order valence-electron chi connectivity index (χ3n) is 4.79. The van der Waals surface area contributed by atoms with E-state index in [0.29, 0.717) is 0 Å². The molecule has 1 fully saturated rings. The predicted molar refractivity (Wildman–Crippen MR) is 91.5 cm³/mol. The first kappa shape index (κ1) is 17.2. The number of hydrogen-bond donors (Lipinski definition) is 0. The highest BCUT2D eigenvalue weighted by atomic mass is 35.5. The van der Waals surface area contributed by atoms with Gasteiger partial charge >= 0.3 is 0 Å². The van der Waals surface area contributed by atoms with Crippen LogP contribution >= 0.6 is 23.2 Å². The lowest BCUT2D eigenvalue weighted by molar-refractivity contribution is -0.137. The van der Waals surface area contributed by atoms with E-state index < -0.39 is 11.8 Å². The molecule has 1 aromatic rings. The van der Waals surface area contributed by atoms with E-state index in [2.05, 4.69) is 0 Å². The van der Waals surface area contributed by atoms with Crippen molar-refractivity contribution in [1.82, 2.24) is 9.80 Å². The van der Waals surface area contributed by atoms with Crippen molar-refractivity contribution in [2.24, 2.45) is 0 Å². The van der Waals surface area contributed by atoms with Gasteiger partial charge in [-0.1, -0.05) is 23.2 Å². The highest BCUT2D eigenvalue weighted by Gasteiger charge is 2.39. The molecule has 2 heterocycles. The third-order valence-corrected chi connectivity index (χ3v) is 5.51. The molecule has 0 saturated carbocycles. The van der Waals surface area contributed by atoms with Gasteiger partial charge in [0.05, 0.1) is 21.2 Å². The van der Waals surface area contributed by atoms with E-state index in [1.807, 2.05) is 13.8 Å². The lowest BCUT2D eigenvalue weighted by Crippen LogP contribution is -2.51. The highest BCUT2D eigenvalue weighted by Crippen LogP contribution is 2.32. The molecule has 24 heavy (non-hydrogen) atoms. The maximum Gasteiger partial charge on any atom is 0.262 e. The molecule has 0 aromatic heterocycles. The Morgan fingerprint density at radius 1 is 1.04 bits per heavy atom. The number of fused-ring (bicyclic) bond motifs is 1. The first-order valence-electron chi connectivity index (χ1n) is 7.97. The van der Waals surface area contributed by atoms with Gasteiger partial charge in [0.25, 0.3) is 11.8 Å². The summed E-state index contributed by atoms with van der Waals surface area (Å²) in [6.07, 6.45) is 2.95. The summed E-state index contributed by atoms with van der Waals surface area (Å²) >= 11 is 11.9. The zero-order valence-electron chi connectivity index (χ0n) is 13.5. The largest absolute Gasteiger partial charge is 0.336 e. The van der Waals surface area contributed by atoms with Crippen LogP contribution in [0.25, 0.3) is 0 Å². The number of likely N-dealkylation sites (tertiary alicyclic amines) is 1. The molecule has 0 spiro atoms. The van der Waals surface area contributed by atoms with Crippen molar-refractivity contribution in [3.63, 3.8) is 0 Å². The predicted octanol–water partition coefficient (Wildman–Crippen LogP) is 3.38. The minimum absolute atomic E-state index is 0.111. The molecule has 2 aliphatic heterocycles. The number of nitrogens with zero attached hydrogens (tertiary/aromatic N) is 2. The van der Waals surface area contributed by atoms with Gasteiger partial charge in [-0.15, -0.1) is 0 Å². The molecule has 1 aromatic carbocycles. The molecular weight excluding hydrogens is 351 g/mol. The molecule has 2 aliphatic rings. The Labute approximate surface area is 150 Å². The molecule has 5 nitrogen and oxygen atoms in total. The lowest BCUT2D eigenvalue weighted by atomic mass is 9.97. The molecule has 3 amide bonds.